The van der Waals surface area contributed by atoms with Gasteiger partial charge in [-0.15, -0.1) is 0 Å². The van der Waals surface area contributed by atoms with Crippen LogP contribution in [0.25, 0.3) is 10.9 Å². The second-order valence-electron chi connectivity index (χ2n) is 7.43. The summed E-state index contributed by atoms with van der Waals surface area (Å²) in [5.74, 6) is 6.93. The quantitative estimate of drug-likeness (QED) is 0.574. The van der Waals surface area contributed by atoms with E-state index in [1.807, 2.05) is 24.4 Å². The highest BCUT2D eigenvalue weighted by Crippen LogP contribution is 2.35. The number of nitrogen functional groups attached to an aromatic ring is 1. The predicted molar refractivity (Wildman–Crippen MR) is 103 cm³/mol. The summed E-state index contributed by atoms with van der Waals surface area (Å²) in [6, 6.07) is 9.73. The lowest BCUT2D eigenvalue weighted by Crippen LogP contribution is -2.37. The van der Waals surface area contributed by atoms with Crippen molar-refractivity contribution in [3.63, 3.8) is 0 Å². The SMILES string of the molecule is CC(C)N1CCC(c2cn(N)c3ccc(C(=O)c4ccco4)cc23)CC1. The lowest BCUT2D eigenvalue weighted by molar-refractivity contribution is 0.101. The molecule has 0 saturated carbocycles. The van der Waals surface area contributed by atoms with Crippen molar-refractivity contribution in [1.82, 2.24) is 9.58 Å². The normalized spacial score (nSPS) is 16.6. The van der Waals surface area contributed by atoms with E-state index in [-0.39, 0.29) is 5.78 Å². The van der Waals surface area contributed by atoms with E-state index in [2.05, 4.69) is 18.7 Å². The molecule has 3 heterocycles. The molecule has 1 aliphatic heterocycles. The average molecular weight is 351 g/mol. The minimum Gasteiger partial charge on any atom is -0.461 e. The second kappa shape index (κ2) is 6.65. The van der Waals surface area contributed by atoms with Gasteiger partial charge in [0.2, 0.25) is 5.78 Å². The molecule has 2 aromatic heterocycles. The number of aromatic nitrogens is 1. The fourth-order valence-corrected chi connectivity index (χ4v) is 4.02. The molecule has 136 valence electrons. The van der Waals surface area contributed by atoms with Crippen molar-refractivity contribution in [3.8, 4) is 0 Å². The summed E-state index contributed by atoms with van der Waals surface area (Å²) in [6.07, 6.45) is 5.79. The van der Waals surface area contributed by atoms with Crippen LogP contribution in [0.5, 0.6) is 0 Å². The number of hydrogen-bond acceptors (Lipinski definition) is 4. The van der Waals surface area contributed by atoms with Crippen LogP contribution in [0.3, 0.4) is 0 Å². The van der Waals surface area contributed by atoms with Gasteiger partial charge in [0.1, 0.15) is 0 Å². The second-order valence-corrected chi connectivity index (χ2v) is 7.43. The van der Waals surface area contributed by atoms with Crippen molar-refractivity contribution < 1.29 is 9.21 Å². The smallest absolute Gasteiger partial charge is 0.228 e. The van der Waals surface area contributed by atoms with E-state index in [0.29, 0.717) is 23.3 Å². The molecule has 0 amide bonds. The van der Waals surface area contributed by atoms with Gasteiger partial charge in [0, 0.05) is 23.2 Å². The molecule has 0 bridgehead atoms. The summed E-state index contributed by atoms with van der Waals surface area (Å²) in [7, 11) is 0. The Hall–Kier alpha value is -2.53. The van der Waals surface area contributed by atoms with Crippen molar-refractivity contribution in [2.45, 2.75) is 38.6 Å². The Morgan fingerprint density at radius 3 is 2.65 bits per heavy atom. The molecule has 1 saturated heterocycles. The van der Waals surface area contributed by atoms with Gasteiger partial charge in [-0.25, -0.2) is 0 Å². The molecule has 0 unspecified atom stereocenters. The first-order valence-electron chi connectivity index (χ1n) is 9.27. The van der Waals surface area contributed by atoms with Gasteiger partial charge in [0.25, 0.3) is 0 Å². The highest BCUT2D eigenvalue weighted by atomic mass is 16.3. The van der Waals surface area contributed by atoms with Crippen molar-refractivity contribution >= 4 is 16.7 Å². The van der Waals surface area contributed by atoms with Gasteiger partial charge >= 0.3 is 0 Å². The molecule has 1 aliphatic rings. The minimum absolute atomic E-state index is 0.0951. The third-order valence-electron chi connectivity index (χ3n) is 5.57. The van der Waals surface area contributed by atoms with Crippen LogP contribution in [-0.2, 0) is 0 Å². The Morgan fingerprint density at radius 2 is 2.00 bits per heavy atom. The molecule has 0 radical (unpaired) electrons. The van der Waals surface area contributed by atoms with Crippen LogP contribution in [0.15, 0.2) is 47.2 Å². The van der Waals surface area contributed by atoms with Crippen LogP contribution < -0.4 is 5.84 Å². The van der Waals surface area contributed by atoms with Crippen LogP contribution in [0.2, 0.25) is 0 Å². The van der Waals surface area contributed by atoms with Gasteiger partial charge < -0.3 is 15.2 Å². The number of carbonyl (C=O) groups excluding carboxylic acids is 1. The predicted octanol–water partition coefficient (Wildman–Crippen LogP) is 3.77. The van der Waals surface area contributed by atoms with Crippen LogP contribution >= 0.6 is 0 Å². The molecule has 5 nitrogen and oxygen atoms in total. The summed E-state index contributed by atoms with van der Waals surface area (Å²) >= 11 is 0. The van der Waals surface area contributed by atoms with Crippen molar-refractivity contribution in [2.75, 3.05) is 18.9 Å². The first kappa shape index (κ1) is 16.9. The largest absolute Gasteiger partial charge is 0.461 e. The number of furan rings is 1. The van der Waals surface area contributed by atoms with E-state index in [1.165, 1.54) is 11.8 Å². The minimum atomic E-state index is -0.0951. The molecule has 0 atom stereocenters. The van der Waals surface area contributed by atoms with E-state index in [1.54, 1.807) is 16.8 Å². The van der Waals surface area contributed by atoms with Gasteiger partial charge in [-0.1, -0.05) is 0 Å². The standard InChI is InChI=1S/C21H25N3O2/c1-14(2)23-9-7-15(8-10-23)18-13-24(22)19-6-5-16(12-17(18)19)21(25)20-4-3-11-26-20/h3-6,11-15H,7-10,22H2,1-2H3. The third-order valence-corrected chi connectivity index (χ3v) is 5.57. The Morgan fingerprint density at radius 1 is 1.23 bits per heavy atom. The Bertz CT molecular complexity index is 916. The van der Waals surface area contributed by atoms with Crippen LogP contribution in [0.4, 0.5) is 0 Å². The fraction of sp³-hybridized carbons (Fsp3) is 0.381. The molecule has 1 aromatic carbocycles. The van der Waals surface area contributed by atoms with Crippen molar-refractivity contribution in [1.29, 1.82) is 0 Å². The van der Waals surface area contributed by atoms with Gasteiger partial charge in [0.05, 0.1) is 11.8 Å². The lowest BCUT2D eigenvalue weighted by Gasteiger charge is -2.34. The van der Waals surface area contributed by atoms with Crippen LogP contribution in [-0.4, -0.2) is 34.5 Å². The maximum atomic E-state index is 12.6. The number of piperidine rings is 1. The first-order valence-corrected chi connectivity index (χ1v) is 9.27. The maximum absolute atomic E-state index is 12.6. The number of nitrogens with two attached hydrogens (primary N) is 1. The third kappa shape index (κ3) is 2.92. The molecule has 1 fully saturated rings. The summed E-state index contributed by atoms with van der Waals surface area (Å²) in [5, 5.41) is 1.08. The number of likely N-dealkylation sites (tertiary alicyclic amines) is 1. The van der Waals surface area contributed by atoms with Gasteiger partial charge in [-0.3, -0.25) is 9.47 Å². The zero-order chi connectivity index (χ0) is 18.3. The van der Waals surface area contributed by atoms with Gasteiger partial charge in [-0.05, 0) is 81.6 Å². The zero-order valence-electron chi connectivity index (χ0n) is 15.3. The van der Waals surface area contributed by atoms with E-state index in [0.717, 1.165) is 36.8 Å². The first-order chi connectivity index (χ1) is 12.5. The number of nitrogens with zero attached hydrogens (tertiary/aromatic N) is 2. The summed E-state index contributed by atoms with van der Waals surface area (Å²) in [6.45, 7) is 6.70. The summed E-state index contributed by atoms with van der Waals surface area (Å²) in [5.41, 5.74) is 2.85. The van der Waals surface area contributed by atoms with E-state index in [4.69, 9.17) is 10.3 Å². The molecule has 26 heavy (non-hydrogen) atoms. The lowest BCUT2D eigenvalue weighted by atomic mass is 9.88. The van der Waals surface area contributed by atoms with Gasteiger partial charge in [-0.2, -0.15) is 0 Å². The van der Waals surface area contributed by atoms with Gasteiger partial charge in [0.15, 0.2) is 5.76 Å². The maximum Gasteiger partial charge on any atom is 0.228 e. The Kier molecular flexibility index (Phi) is 4.32. The molecule has 0 aliphatic carbocycles. The zero-order valence-corrected chi connectivity index (χ0v) is 15.3. The highest BCUT2D eigenvalue weighted by molar-refractivity contribution is 6.09. The highest BCUT2D eigenvalue weighted by Gasteiger charge is 2.25. The summed E-state index contributed by atoms with van der Waals surface area (Å²) in [4.78, 5) is 15.1. The average Bonchev–Trinajstić information content (AvgIpc) is 3.29. The van der Waals surface area contributed by atoms with Crippen molar-refractivity contribution in [2.24, 2.45) is 0 Å². The fourth-order valence-electron chi connectivity index (χ4n) is 4.02. The molecule has 2 N–H and O–H groups in total. The van der Waals surface area contributed by atoms with E-state index in [9.17, 15) is 4.79 Å². The molecule has 3 aromatic rings. The molecular formula is C21H25N3O2. The molecule has 5 heteroatoms. The van der Waals surface area contributed by atoms with Crippen LogP contribution in [0.1, 0.15) is 54.3 Å². The number of rotatable bonds is 4. The van der Waals surface area contributed by atoms with Crippen molar-refractivity contribution in [3.05, 3.63) is 59.7 Å². The monoisotopic (exact) mass is 351 g/mol. The number of fused-ring (bicyclic) bond motifs is 1. The topological polar surface area (TPSA) is 64.4 Å². The number of hydrogen-bond donors (Lipinski definition) is 1. The molecule has 4 rings (SSSR count). The molecular weight excluding hydrogens is 326 g/mol. The number of benzene rings is 1. The summed E-state index contributed by atoms with van der Waals surface area (Å²) < 4.78 is 6.94. The number of ketones is 1. The molecule has 0 spiro atoms. The Labute approximate surface area is 153 Å². The Balaban J connectivity index is 1.67. The van der Waals surface area contributed by atoms with E-state index < -0.39 is 0 Å². The number of carbonyl (C=O) groups is 1. The van der Waals surface area contributed by atoms with E-state index >= 15 is 0 Å². The van der Waals surface area contributed by atoms with Crippen LogP contribution in [0, 0.1) is 0 Å².